The van der Waals surface area contributed by atoms with E-state index in [0.29, 0.717) is 11.5 Å². The minimum atomic E-state index is -1.09. The molecule has 0 bridgehead atoms. The average Bonchev–Trinajstić information content (AvgIpc) is 2.96. The number of rotatable bonds is 4. The van der Waals surface area contributed by atoms with Crippen molar-refractivity contribution < 1.29 is 19.1 Å². The number of anilines is 1. The van der Waals surface area contributed by atoms with Crippen molar-refractivity contribution >= 4 is 23.6 Å². The van der Waals surface area contributed by atoms with Crippen LogP contribution in [0.2, 0.25) is 0 Å². The van der Waals surface area contributed by atoms with E-state index in [9.17, 15) is 9.59 Å². The van der Waals surface area contributed by atoms with Crippen LogP contribution in [0.4, 0.5) is 5.69 Å². The summed E-state index contributed by atoms with van der Waals surface area (Å²) in [5.41, 5.74) is 0.775. The molecule has 0 fully saturated rings. The summed E-state index contributed by atoms with van der Waals surface area (Å²) < 4.78 is 5.03. The molecule has 0 saturated carbocycles. The molecule has 6 heteroatoms. The number of carbonyl (C=O) groups excluding carboxylic acids is 1. The number of H-pyrrole nitrogens is 1. The van der Waals surface area contributed by atoms with Gasteiger partial charge in [-0.2, -0.15) is 0 Å². The number of carbonyl (C=O) groups is 2. The van der Waals surface area contributed by atoms with Crippen LogP contribution in [0.5, 0.6) is 0 Å². The first-order valence-electron chi connectivity index (χ1n) is 5.52. The van der Waals surface area contributed by atoms with Gasteiger partial charge in [0.15, 0.2) is 0 Å². The van der Waals surface area contributed by atoms with Gasteiger partial charge in [-0.3, -0.25) is 4.79 Å². The summed E-state index contributed by atoms with van der Waals surface area (Å²) in [6, 6.07) is 3.41. The van der Waals surface area contributed by atoms with Gasteiger partial charge < -0.3 is 19.8 Å². The van der Waals surface area contributed by atoms with Gasteiger partial charge in [0.05, 0.1) is 12.0 Å². The molecule has 0 aliphatic heterocycles. The number of furan rings is 1. The van der Waals surface area contributed by atoms with Crippen molar-refractivity contribution in [2.75, 3.05) is 5.32 Å². The Labute approximate surface area is 108 Å². The summed E-state index contributed by atoms with van der Waals surface area (Å²) in [7, 11) is 0. The number of aromatic nitrogens is 1. The van der Waals surface area contributed by atoms with E-state index in [1.54, 1.807) is 19.1 Å². The van der Waals surface area contributed by atoms with Crippen LogP contribution in [-0.4, -0.2) is 22.0 Å². The number of aryl methyl sites for hydroxylation is 1. The molecule has 0 aliphatic carbocycles. The number of nitrogens with one attached hydrogen (secondary N) is 2. The third-order valence-corrected chi connectivity index (χ3v) is 2.49. The number of aromatic carboxylic acids is 1. The molecule has 0 aliphatic rings. The molecule has 1 amide bonds. The first-order valence-corrected chi connectivity index (χ1v) is 5.52. The lowest BCUT2D eigenvalue weighted by molar-refractivity contribution is -0.111. The van der Waals surface area contributed by atoms with Crippen molar-refractivity contribution in [3.8, 4) is 0 Å². The molecule has 0 radical (unpaired) electrons. The van der Waals surface area contributed by atoms with E-state index < -0.39 is 11.9 Å². The van der Waals surface area contributed by atoms with E-state index in [1.807, 2.05) is 0 Å². The summed E-state index contributed by atoms with van der Waals surface area (Å²) in [6.07, 6.45) is 5.70. The number of carboxylic acids is 1. The van der Waals surface area contributed by atoms with Crippen molar-refractivity contribution in [3.05, 3.63) is 47.7 Å². The zero-order valence-electron chi connectivity index (χ0n) is 10.1. The van der Waals surface area contributed by atoms with E-state index in [1.165, 1.54) is 24.6 Å². The molecule has 0 unspecified atom stereocenters. The van der Waals surface area contributed by atoms with Gasteiger partial charge in [0.25, 0.3) is 0 Å². The van der Waals surface area contributed by atoms with Crippen LogP contribution in [0.3, 0.4) is 0 Å². The molecule has 0 aromatic carbocycles. The van der Waals surface area contributed by atoms with Gasteiger partial charge in [-0.05, 0) is 25.1 Å². The predicted octanol–water partition coefficient (Wildman–Crippen LogP) is 2.27. The molecule has 6 nitrogen and oxygen atoms in total. The molecular weight excluding hydrogens is 248 g/mol. The third-order valence-electron chi connectivity index (χ3n) is 2.49. The molecule has 0 atom stereocenters. The largest absolute Gasteiger partial charge is 0.478 e. The first kappa shape index (κ1) is 12.7. The van der Waals surface area contributed by atoms with Gasteiger partial charge in [0.2, 0.25) is 5.91 Å². The van der Waals surface area contributed by atoms with E-state index >= 15 is 0 Å². The Hall–Kier alpha value is -2.76. The standard InChI is InChI=1S/C13H12N2O4/c1-8-12(13(17)18)10(7-14-8)15-11(16)5-4-9-3-2-6-19-9/h2-7,14H,1H3,(H,15,16)(H,17,18)/b5-4+. The van der Waals surface area contributed by atoms with Gasteiger partial charge in [-0.25, -0.2) is 4.79 Å². The zero-order valence-corrected chi connectivity index (χ0v) is 10.1. The molecule has 19 heavy (non-hydrogen) atoms. The van der Waals surface area contributed by atoms with Gasteiger partial charge in [-0.1, -0.05) is 0 Å². The molecule has 2 aromatic rings. The molecule has 0 saturated heterocycles. The first-order chi connectivity index (χ1) is 9.08. The second-order valence-electron chi connectivity index (χ2n) is 3.85. The van der Waals surface area contributed by atoms with Crippen LogP contribution in [0, 0.1) is 6.92 Å². The van der Waals surface area contributed by atoms with Crippen LogP contribution >= 0.6 is 0 Å². The van der Waals surface area contributed by atoms with E-state index in [0.717, 1.165) is 0 Å². The monoisotopic (exact) mass is 260 g/mol. The lowest BCUT2D eigenvalue weighted by Gasteiger charge is -2.01. The number of amides is 1. The van der Waals surface area contributed by atoms with Gasteiger partial charge in [-0.15, -0.1) is 0 Å². The molecule has 98 valence electrons. The lowest BCUT2D eigenvalue weighted by atomic mass is 10.2. The van der Waals surface area contributed by atoms with Crippen molar-refractivity contribution in [3.63, 3.8) is 0 Å². The minimum Gasteiger partial charge on any atom is -0.478 e. The second kappa shape index (κ2) is 5.26. The number of carboxylic acid groups (broad SMARTS) is 1. The molecule has 2 rings (SSSR count). The highest BCUT2D eigenvalue weighted by Crippen LogP contribution is 2.19. The summed E-state index contributed by atoms with van der Waals surface area (Å²) in [6.45, 7) is 1.62. The highest BCUT2D eigenvalue weighted by Gasteiger charge is 2.16. The van der Waals surface area contributed by atoms with Crippen LogP contribution in [0.15, 0.2) is 35.1 Å². The topological polar surface area (TPSA) is 95.3 Å². The molecule has 2 aromatic heterocycles. The third kappa shape index (κ3) is 2.92. The molecular formula is C13H12N2O4. The molecule has 3 N–H and O–H groups in total. The summed E-state index contributed by atoms with van der Waals surface area (Å²) >= 11 is 0. The van der Waals surface area contributed by atoms with Crippen molar-refractivity contribution in [2.24, 2.45) is 0 Å². The van der Waals surface area contributed by atoms with Crippen LogP contribution in [-0.2, 0) is 4.79 Å². The van der Waals surface area contributed by atoms with E-state index in [-0.39, 0.29) is 11.3 Å². The Kier molecular flexibility index (Phi) is 3.51. The summed E-state index contributed by atoms with van der Waals surface area (Å²) in [4.78, 5) is 25.4. The van der Waals surface area contributed by atoms with Gasteiger partial charge in [0.1, 0.15) is 11.3 Å². The summed E-state index contributed by atoms with van der Waals surface area (Å²) in [5.74, 6) is -0.985. The Balaban J connectivity index is 2.09. The fourth-order valence-corrected chi connectivity index (χ4v) is 1.62. The Morgan fingerprint density at radius 2 is 2.26 bits per heavy atom. The molecule has 0 spiro atoms. The second-order valence-corrected chi connectivity index (χ2v) is 3.85. The Morgan fingerprint density at radius 1 is 1.47 bits per heavy atom. The number of hydrogen-bond acceptors (Lipinski definition) is 3. The van der Waals surface area contributed by atoms with Crippen LogP contribution in [0.1, 0.15) is 21.8 Å². The zero-order chi connectivity index (χ0) is 13.8. The molecule has 2 heterocycles. The fraction of sp³-hybridized carbons (Fsp3) is 0.0769. The number of aromatic amines is 1. The predicted molar refractivity (Wildman–Crippen MR) is 68.9 cm³/mol. The summed E-state index contributed by atoms with van der Waals surface area (Å²) in [5, 5.41) is 11.5. The van der Waals surface area contributed by atoms with Crippen LogP contribution < -0.4 is 5.32 Å². The normalized spacial score (nSPS) is 10.8. The number of hydrogen-bond donors (Lipinski definition) is 3. The van der Waals surface area contributed by atoms with Crippen molar-refractivity contribution in [1.82, 2.24) is 4.98 Å². The Bertz CT molecular complexity index is 623. The minimum absolute atomic E-state index is 0.0553. The highest BCUT2D eigenvalue weighted by atomic mass is 16.4. The quantitative estimate of drug-likeness (QED) is 0.735. The SMILES string of the molecule is Cc1[nH]cc(NC(=O)/C=C/c2ccco2)c1C(=O)O. The lowest BCUT2D eigenvalue weighted by Crippen LogP contribution is -2.10. The maximum absolute atomic E-state index is 11.6. The van der Waals surface area contributed by atoms with Crippen molar-refractivity contribution in [1.29, 1.82) is 0 Å². The highest BCUT2D eigenvalue weighted by molar-refractivity contribution is 6.06. The van der Waals surface area contributed by atoms with Gasteiger partial charge >= 0.3 is 5.97 Å². The van der Waals surface area contributed by atoms with Crippen LogP contribution in [0.25, 0.3) is 6.08 Å². The average molecular weight is 260 g/mol. The Morgan fingerprint density at radius 3 is 2.89 bits per heavy atom. The van der Waals surface area contributed by atoms with E-state index in [4.69, 9.17) is 9.52 Å². The van der Waals surface area contributed by atoms with E-state index in [2.05, 4.69) is 10.3 Å². The van der Waals surface area contributed by atoms with Gasteiger partial charge in [0, 0.05) is 18.0 Å². The van der Waals surface area contributed by atoms with Crippen molar-refractivity contribution in [2.45, 2.75) is 6.92 Å². The smallest absolute Gasteiger partial charge is 0.339 e. The fourth-order valence-electron chi connectivity index (χ4n) is 1.62. The maximum Gasteiger partial charge on any atom is 0.339 e. The maximum atomic E-state index is 11.6.